The summed E-state index contributed by atoms with van der Waals surface area (Å²) in [6, 6.07) is 3.41. The third-order valence-corrected chi connectivity index (χ3v) is 5.70. The van der Waals surface area contributed by atoms with Gasteiger partial charge in [-0.3, -0.25) is 0 Å². The number of pyridine rings is 1. The van der Waals surface area contributed by atoms with E-state index in [1.807, 2.05) is 6.07 Å². The molecule has 2 heterocycles. The maximum atomic E-state index is 10.5. The minimum atomic E-state index is -1.08. The molecule has 0 spiro atoms. The van der Waals surface area contributed by atoms with Crippen LogP contribution in [0, 0.1) is 11.3 Å². The van der Waals surface area contributed by atoms with Gasteiger partial charge in [0.05, 0.1) is 23.9 Å². The number of aliphatic hydroxyl groups excluding tert-OH is 3. The quantitative estimate of drug-likeness (QED) is 0.241. The number of thiazole rings is 1. The van der Waals surface area contributed by atoms with Crippen molar-refractivity contribution < 1.29 is 20.1 Å². The normalized spacial score (nSPS) is 14.8. The molecule has 0 aromatic carbocycles. The Morgan fingerprint density at radius 3 is 2.90 bits per heavy atom. The van der Waals surface area contributed by atoms with Crippen LogP contribution >= 0.6 is 34.7 Å². The predicted molar refractivity (Wildman–Crippen MR) is 111 cm³/mol. The summed E-state index contributed by atoms with van der Waals surface area (Å²) in [6.45, 7) is -0.556. The van der Waals surface area contributed by atoms with Gasteiger partial charge in [-0.15, -0.1) is 11.3 Å². The largest absolute Gasteiger partial charge is 0.395 e. The molecular weight excluding hydrogens is 438 g/mol. The van der Waals surface area contributed by atoms with Gasteiger partial charge >= 0.3 is 0 Å². The number of hydrogen-bond acceptors (Lipinski definition) is 11. The maximum absolute atomic E-state index is 10.5. The summed E-state index contributed by atoms with van der Waals surface area (Å²) < 4.78 is 5.55. The van der Waals surface area contributed by atoms with Crippen LogP contribution < -0.4 is 11.1 Å². The third-order valence-electron chi connectivity index (χ3n) is 3.42. The molecule has 0 bridgehead atoms. The second-order valence-corrected chi connectivity index (χ2v) is 8.16. The van der Waals surface area contributed by atoms with E-state index in [9.17, 15) is 10.2 Å². The van der Waals surface area contributed by atoms with Crippen LogP contribution in [0.3, 0.4) is 0 Å². The molecule has 3 atom stereocenters. The lowest BCUT2D eigenvalue weighted by molar-refractivity contribution is -0.0374. The molecule has 6 N–H and O–H groups in total. The van der Waals surface area contributed by atoms with Crippen molar-refractivity contribution in [1.82, 2.24) is 15.3 Å². The van der Waals surface area contributed by atoms with Crippen LogP contribution in [0.25, 0.3) is 5.70 Å². The molecule has 0 amide bonds. The average molecular weight is 458 g/mol. The molecule has 0 radical (unpaired) electrons. The van der Waals surface area contributed by atoms with E-state index in [0.717, 1.165) is 11.8 Å². The Bertz CT molecular complexity index is 847. The lowest BCUT2D eigenvalue weighted by atomic mass is 10.3. The van der Waals surface area contributed by atoms with E-state index in [1.165, 1.54) is 29.8 Å². The van der Waals surface area contributed by atoms with E-state index in [4.69, 9.17) is 32.4 Å². The number of halogens is 1. The molecule has 0 aliphatic heterocycles. The Balaban J connectivity index is 2.02. The standard InChI is InChI=1S/C17H20ClN5O4S2/c18-12-3-11(5-23-14(12)4-19)29-17(27-9-10(25)8-24)15(26)7-21-6-13(20)16-22-1-2-28-16/h1-3,5-6,10,15,17,21,24-26H,7-9,20H2/b13-6-. The monoisotopic (exact) mass is 457 g/mol. The molecule has 2 aromatic heterocycles. The number of rotatable bonds is 11. The van der Waals surface area contributed by atoms with E-state index >= 15 is 0 Å². The molecule has 29 heavy (non-hydrogen) atoms. The maximum Gasteiger partial charge on any atom is 0.159 e. The van der Waals surface area contributed by atoms with Crippen molar-refractivity contribution in [2.75, 3.05) is 19.8 Å². The van der Waals surface area contributed by atoms with E-state index in [0.29, 0.717) is 15.6 Å². The van der Waals surface area contributed by atoms with Crippen molar-refractivity contribution in [3.63, 3.8) is 0 Å². The summed E-state index contributed by atoms with van der Waals surface area (Å²) in [5.74, 6) is 0. The number of nitriles is 1. The number of nitrogens with two attached hydrogens (primary N) is 1. The second-order valence-electron chi connectivity index (χ2n) is 5.68. The minimum Gasteiger partial charge on any atom is -0.395 e. The van der Waals surface area contributed by atoms with E-state index < -0.39 is 24.3 Å². The first-order valence-corrected chi connectivity index (χ1v) is 10.5. The fraction of sp³-hybridized carbons (Fsp3) is 0.353. The number of ether oxygens (including phenoxy) is 1. The first kappa shape index (κ1) is 23.4. The van der Waals surface area contributed by atoms with Crippen LogP contribution in [0.2, 0.25) is 5.02 Å². The smallest absolute Gasteiger partial charge is 0.159 e. The van der Waals surface area contributed by atoms with Gasteiger partial charge in [0, 0.05) is 35.4 Å². The molecule has 0 aliphatic rings. The van der Waals surface area contributed by atoms with Gasteiger partial charge in [-0.25, -0.2) is 9.97 Å². The van der Waals surface area contributed by atoms with Crippen LogP contribution in [-0.2, 0) is 4.74 Å². The summed E-state index contributed by atoms with van der Waals surface area (Å²) in [7, 11) is 0. The molecule has 12 heteroatoms. The Kier molecular flexibility index (Phi) is 9.62. The molecule has 0 aliphatic carbocycles. The van der Waals surface area contributed by atoms with Gasteiger partial charge in [0.1, 0.15) is 28.7 Å². The Labute approximate surface area is 180 Å². The molecule has 0 saturated heterocycles. The molecule has 2 aromatic rings. The van der Waals surface area contributed by atoms with Crippen LogP contribution in [0.15, 0.2) is 34.9 Å². The van der Waals surface area contributed by atoms with Gasteiger partial charge in [0.2, 0.25) is 0 Å². The van der Waals surface area contributed by atoms with Gasteiger partial charge < -0.3 is 31.1 Å². The third kappa shape index (κ3) is 7.45. The number of thioether (sulfide) groups is 1. The van der Waals surface area contributed by atoms with E-state index in [-0.39, 0.29) is 23.9 Å². The number of nitrogens with zero attached hydrogens (tertiary/aromatic N) is 3. The second kappa shape index (κ2) is 11.9. The molecule has 9 nitrogen and oxygen atoms in total. The van der Waals surface area contributed by atoms with Gasteiger partial charge in [-0.2, -0.15) is 5.26 Å². The van der Waals surface area contributed by atoms with Crippen LogP contribution in [-0.4, -0.2) is 62.7 Å². The zero-order valence-corrected chi connectivity index (χ0v) is 17.5. The molecule has 0 fully saturated rings. The van der Waals surface area contributed by atoms with Gasteiger partial charge in [-0.1, -0.05) is 23.4 Å². The molecular formula is C17H20ClN5O4S2. The van der Waals surface area contributed by atoms with Gasteiger partial charge in [0.25, 0.3) is 0 Å². The highest BCUT2D eigenvalue weighted by Crippen LogP contribution is 2.29. The lowest BCUT2D eigenvalue weighted by Crippen LogP contribution is -2.36. The Hall–Kier alpha value is -1.91. The molecule has 0 saturated carbocycles. The van der Waals surface area contributed by atoms with Gasteiger partial charge in [0.15, 0.2) is 5.69 Å². The molecule has 156 valence electrons. The van der Waals surface area contributed by atoms with Crippen molar-refractivity contribution in [2.45, 2.75) is 22.5 Å². The highest BCUT2D eigenvalue weighted by molar-refractivity contribution is 7.99. The van der Waals surface area contributed by atoms with Gasteiger partial charge in [-0.05, 0) is 6.07 Å². The summed E-state index contributed by atoms with van der Waals surface area (Å²) in [6.07, 6.45) is 2.52. The van der Waals surface area contributed by atoms with Crippen molar-refractivity contribution in [1.29, 1.82) is 5.26 Å². The van der Waals surface area contributed by atoms with E-state index in [2.05, 4.69) is 15.3 Å². The zero-order valence-electron chi connectivity index (χ0n) is 15.1. The van der Waals surface area contributed by atoms with Crippen LogP contribution in [0.4, 0.5) is 0 Å². The Morgan fingerprint density at radius 1 is 1.48 bits per heavy atom. The van der Waals surface area contributed by atoms with Crippen molar-refractivity contribution >= 4 is 40.4 Å². The van der Waals surface area contributed by atoms with E-state index in [1.54, 1.807) is 11.6 Å². The first-order chi connectivity index (χ1) is 13.9. The Morgan fingerprint density at radius 2 is 2.28 bits per heavy atom. The fourth-order valence-electron chi connectivity index (χ4n) is 2.00. The number of hydrogen-bond donors (Lipinski definition) is 5. The fourth-order valence-corrected chi connectivity index (χ4v) is 3.81. The molecule has 2 rings (SSSR count). The minimum absolute atomic E-state index is 0.0919. The van der Waals surface area contributed by atoms with Crippen LogP contribution in [0.5, 0.6) is 0 Å². The summed E-state index contributed by atoms with van der Waals surface area (Å²) >= 11 is 8.50. The highest BCUT2D eigenvalue weighted by Gasteiger charge is 2.23. The van der Waals surface area contributed by atoms with Crippen molar-refractivity contribution in [3.8, 4) is 6.07 Å². The zero-order chi connectivity index (χ0) is 21.2. The first-order valence-electron chi connectivity index (χ1n) is 8.34. The summed E-state index contributed by atoms with van der Waals surface area (Å²) in [5, 5.41) is 43.5. The SMILES string of the molecule is N#Cc1ncc(SC(OCC(O)CO)C(O)CN/C=C(\N)c2nccs2)cc1Cl. The average Bonchev–Trinajstić information content (AvgIpc) is 3.25. The van der Waals surface area contributed by atoms with Crippen molar-refractivity contribution in [2.24, 2.45) is 5.73 Å². The van der Waals surface area contributed by atoms with Crippen LogP contribution in [0.1, 0.15) is 10.7 Å². The summed E-state index contributed by atoms with van der Waals surface area (Å²) in [4.78, 5) is 8.60. The lowest BCUT2D eigenvalue weighted by Gasteiger charge is -2.24. The highest BCUT2D eigenvalue weighted by atomic mass is 35.5. The number of aliphatic hydroxyl groups is 3. The van der Waals surface area contributed by atoms with Crippen molar-refractivity contribution in [3.05, 3.63) is 45.8 Å². The number of nitrogens with one attached hydrogen (secondary N) is 1. The topological polar surface area (TPSA) is 158 Å². The predicted octanol–water partition coefficient (Wildman–Crippen LogP) is 0.759. The summed E-state index contributed by atoms with van der Waals surface area (Å²) in [5.41, 5.74) is 5.61. The number of aromatic nitrogens is 2. The molecule has 3 unspecified atom stereocenters.